The second-order valence-electron chi connectivity index (χ2n) is 12.4. The zero-order valence-electron chi connectivity index (χ0n) is 20.7. The molecule has 1 heterocycles. The van der Waals surface area contributed by atoms with Crippen molar-refractivity contribution in [2.75, 3.05) is 0 Å². The van der Waals surface area contributed by atoms with Crippen LogP contribution in [0.3, 0.4) is 0 Å². The van der Waals surface area contributed by atoms with Gasteiger partial charge in [0.25, 0.3) is 0 Å². The highest BCUT2D eigenvalue weighted by atomic mass is 16.7. The molecule has 12 atom stereocenters. The summed E-state index contributed by atoms with van der Waals surface area (Å²) in [5.74, 6) is 0.898. The van der Waals surface area contributed by atoms with Gasteiger partial charge in [-0.3, -0.25) is 0 Å². The number of hydrogen-bond acceptors (Lipinski definition) is 6. The van der Waals surface area contributed by atoms with E-state index in [1.165, 1.54) is 5.57 Å². The molecular formula is C27H44O6. The third-order valence-corrected chi connectivity index (χ3v) is 10.9. The Morgan fingerprint density at radius 2 is 1.85 bits per heavy atom. The number of aliphatic hydroxyl groups is 4. The van der Waals surface area contributed by atoms with Crippen molar-refractivity contribution in [3.63, 3.8) is 0 Å². The molecule has 1 aliphatic heterocycles. The van der Waals surface area contributed by atoms with Crippen LogP contribution >= 0.6 is 0 Å². The Labute approximate surface area is 198 Å². The zero-order chi connectivity index (χ0) is 23.8. The summed E-state index contributed by atoms with van der Waals surface area (Å²) in [7, 11) is 0. The van der Waals surface area contributed by atoms with Gasteiger partial charge in [0.05, 0.1) is 30.0 Å². The van der Waals surface area contributed by atoms with E-state index in [1.807, 2.05) is 6.92 Å². The fourth-order valence-corrected chi connectivity index (χ4v) is 8.85. The van der Waals surface area contributed by atoms with E-state index in [0.29, 0.717) is 12.3 Å². The summed E-state index contributed by atoms with van der Waals surface area (Å²) in [6, 6.07) is 0. The maximum atomic E-state index is 12.1. The quantitative estimate of drug-likeness (QED) is 0.479. The number of allylic oxidation sites excluding steroid dienone is 1. The Hall–Kier alpha value is -0.500. The Balaban J connectivity index is 1.31. The summed E-state index contributed by atoms with van der Waals surface area (Å²) >= 11 is 0. The lowest BCUT2D eigenvalue weighted by Crippen LogP contribution is -2.61. The predicted molar refractivity (Wildman–Crippen MR) is 124 cm³/mol. The molecule has 3 saturated carbocycles. The van der Waals surface area contributed by atoms with E-state index < -0.39 is 30.2 Å². The maximum Gasteiger partial charge on any atom is 0.161 e. The summed E-state index contributed by atoms with van der Waals surface area (Å²) in [5.41, 5.74) is 0.643. The van der Waals surface area contributed by atoms with Gasteiger partial charge in [-0.1, -0.05) is 25.5 Å². The summed E-state index contributed by atoms with van der Waals surface area (Å²) in [6.45, 7) is 8.30. The molecule has 5 rings (SSSR count). The van der Waals surface area contributed by atoms with E-state index in [2.05, 4.69) is 19.9 Å². The van der Waals surface area contributed by atoms with E-state index in [-0.39, 0.29) is 34.9 Å². The molecule has 0 aromatic rings. The van der Waals surface area contributed by atoms with Crippen molar-refractivity contribution in [3.8, 4) is 0 Å². The van der Waals surface area contributed by atoms with Gasteiger partial charge < -0.3 is 29.9 Å². The largest absolute Gasteiger partial charge is 0.393 e. The normalized spacial score (nSPS) is 55.2. The average molecular weight is 465 g/mol. The summed E-state index contributed by atoms with van der Waals surface area (Å²) in [4.78, 5) is 0. The van der Waals surface area contributed by atoms with Gasteiger partial charge in [0.15, 0.2) is 6.29 Å². The van der Waals surface area contributed by atoms with Crippen LogP contribution in [0.5, 0.6) is 0 Å². The molecular weight excluding hydrogens is 420 g/mol. The van der Waals surface area contributed by atoms with E-state index in [9.17, 15) is 20.4 Å². The molecule has 0 radical (unpaired) electrons. The van der Waals surface area contributed by atoms with E-state index in [4.69, 9.17) is 9.47 Å². The van der Waals surface area contributed by atoms with Gasteiger partial charge in [0.2, 0.25) is 0 Å². The average Bonchev–Trinajstić information content (AvgIpc) is 3.04. The zero-order valence-corrected chi connectivity index (χ0v) is 20.7. The number of ether oxygens (including phenoxy) is 2. The molecule has 0 aromatic heterocycles. The van der Waals surface area contributed by atoms with Crippen LogP contribution in [0.4, 0.5) is 0 Å². The first-order valence-electron chi connectivity index (χ1n) is 13.3. The minimum atomic E-state index is -0.857. The van der Waals surface area contributed by atoms with E-state index in [0.717, 1.165) is 51.4 Å². The second kappa shape index (κ2) is 8.28. The molecule has 4 aliphatic carbocycles. The van der Waals surface area contributed by atoms with E-state index in [1.54, 1.807) is 6.92 Å². The molecule has 6 nitrogen and oxygen atoms in total. The van der Waals surface area contributed by atoms with Gasteiger partial charge in [-0.2, -0.15) is 0 Å². The fourth-order valence-electron chi connectivity index (χ4n) is 8.85. The van der Waals surface area contributed by atoms with Gasteiger partial charge in [0.1, 0.15) is 6.10 Å². The third-order valence-electron chi connectivity index (χ3n) is 10.9. The van der Waals surface area contributed by atoms with Crippen LogP contribution in [0, 0.1) is 28.6 Å². The molecule has 0 spiro atoms. The Bertz CT molecular complexity index is 771. The van der Waals surface area contributed by atoms with Crippen molar-refractivity contribution in [3.05, 3.63) is 11.6 Å². The van der Waals surface area contributed by atoms with Gasteiger partial charge >= 0.3 is 0 Å². The lowest BCUT2D eigenvalue weighted by molar-refractivity contribution is -0.262. The highest BCUT2D eigenvalue weighted by molar-refractivity contribution is 5.28. The van der Waals surface area contributed by atoms with Crippen molar-refractivity contribution in [1.29, 1.82) is 0 Å². The van der Waals surface area contributed by atoms with Crippen LogP contribution in [0.15, 0.2) is 11.6 Å². The minimum absolute atomic E-state index is 0.0589. The van der Waals surface area contributed by atoms with Crippen LogP contribution in [-0.4, -0.2) is 62.8 Å². The molecule has 0 unspecified atom stereocenters. The van der Waals surface area contributed by atoms with Crippen LogP contribution in [0.25, 0.3) is 0 Å². The molecule has 0 amide bonds. The molecule has 1 saturated heterocycles. The van der Waals surface area contributed by atoms with Gasteiger partial charge in [-0.15, -0.1) is 0 Å². The lowest BCUT2D eigenvalue weighted by atomic mass is 9.45. The van der Waals surface area contributed by atoms with Gasteiger partial charge in [0, 0.05) is 11.8 Å². The molecule has 5 aliphatic rings. The maximum absolute atomic E-state index is 12.1. The Morgan fingerprint density at radius 3 is 2.55 bits per heavy atom. The van der Waals surface area contributed by atoms with Crippen LogP contribution < -0.4 is 0 Å². The number of hydrogen-bond donors (Lipinski definition) is 4. The van der Waals surface area contributed by atoms with E-state index >= 15 is 0 Å². The van der Waals surface area contributed by atoms with Crippen molar-refractivity contribution in [1.82, 2.24) is 0 Å². The van der Waals surface area contributed by atoms with Gasteiger partial charge in [-0.05, 0) is 88.4 Å². The monoisotopic (exact) mass is 464 g/mol. The molecule has 4 N–H and O–H groups in total. The summed E-state index contributed by atoms with van der Waals surface area (Å²) in [6.07, 6.45) is 7.37. The molecule has 4 fully saturated rings. The number of fused-ring (bicyclic) bond motifs is 5. The van der Waals surface area contributed by atoms with Gasteiger partial charge in [-0.25, -0.2) is 0 Å². The number of aliphatic hydroxyl groups excluding tert-OH is 3. The van der Waals surface area contributed by atoms with Crippen LogP contribution in [-0.2, 0) is 9.47 Å². The Morgan fingerprint density at radius 1 is 1.09 bits per heavy atom. The summed E-state index contributed by atoms with van der Waals surface area (Å²) < 4.78 is 12.1. The van der Waals surface area contributed by atoms with Crippen LogP contribution in [0.2, 0.25) is 0 Å². The van der Waals surface area contributed by atoms with Crippen LogP contribution in [0.1, 0.15) is 85.5 Å². The lowest BCUT2D eigenvalue weighted by Gasteiger charge is -2.61. The standard InChI is InChI=1S/C27H44O6/c1-15(28)19-9-12-27(31)21-6-5-17-13-18(33-23-14-22(29)24(30)16(2)32-23)7-10-25(17,3)20(21)8-11-26(19,27)4/h5,15-16,18-24,28-31H,6-14H2,1-4H3/t15-,16+,18-,19+,20-,21+,22+,23-,24+,25-,26+,27-/m0/s1. The molecule has 6 heteroatoms. The van der Waals surface area contributed by atoms with Crippen molar-refractivity contribution >= 4 is 0 Å². The van der Waals surface area contributed by atoms with Crippen molar-refractivity contribution < 1.29 is 29.9 Å². The summed E-state index contributed by atoms with van der Waals surface area (Å²) in [5, 5.41) is 42.6. The first-order valence-corrected chi connectivity index (χ1v) is 13.3. The molecule has 0 aromatic carbocycles. The first-order chi connectivity index (χ1) is 15.5. The molecule has 33 heavy (non-hydrogen) atoms. The smallest absolute Gasteiger partial charge is 0.161 e. The third kappa shape index (κ3) is 3.58. The predicted octanol–water partition coefficient (Wildman–Crippen LogP) is 3.30. The SMILES string of the molecule is C[C@H](O)[C@H]1CC[C@]2(O)[C@@H]3CC=C4C[C@@H](O[C@H]5C[C@@H](O)[C@H](O)[C@@H](C)O5)CC[C@]4(C)[C@H]3CC[C@]12C. The Kier molecular flexibility index (Phi) is 6.07. The highest BCUT2D eigenvalue weighted by Crippen LogP contribution is 2.68. The topological polar surface area (TPSA) is 99.4 Å². The highest BCUT2D eigenvalue weighted by Gasteiger charge is 2.66. The van der Waals surface area contributed by atoms with Crippen molar-refractivity contribution in [2.45, 2.75) is 128 Å². The minimum Gasteiger partial charge on any atom is -0.393 e. The molecule has 188 valence electrons. The fraction of sp³-hybridized carbons (Fsp3) is 0.926. The second-order valence-corrected chi connectivity index (χ2v) is 12.4. The first kappa shape index (κ1) is 24.2. The molecule has 0 bridgehead atoms. The number of rotatable bonds is 3. The van der Waals surface area contributed by atoms with Crippen molar-refractivity contribution in [2.24, 2.45) is 28.6 Å².